The van der Waals surface area contributed by atoms with E-state index in [-0.39, 0.29) is 18.4 Å². The molecule has 2 atom stereocenters. The number of benzene rings is 3. The number of halogens is 1. The Bertz CT molecular complexity index is 1070. The summed E-state index contributed by atoms with van der Waals surface area (Å²) in [5.41, 5.74) is 6.47. The largest absolute Gasteiger partial charge is 0.497 e. The van der Waals surface area contributed by atoms with Crippen LogP contribution in [0.15, 0.2) is 78.9 Å². The molecule has 0 saturated heterocycles. The molecule has 0 aliphatic carbocycles. The number of ether oxygens (including phenoxy) is 1. The van der Waals surface area contributed by atoms with Crippen LogP contribution in [-0.2, 0) is 0 Å². The highest BCUT2D eigenvalue weighted by Crippen LogP contribution is 2.41. The maximum atomic E-state index is 5.33. The molecule has 0 spiro atoms. The van der Waals surface area contributed by atoms with Crippen LogP contribution in [0.4, 0.5) is 0 Å². The standard InChI is InChI=1S/C24H22N2O.ClH/c1-27-18-13-11-16(12-14-18)20-15-25-23(17-7-3-2-4-8-17)24-22(20)19-9-5-6-10-21(19)26-24;/h2-14,20,23,25-26H,15H2,1H3;1H. The van der Waals surface area contributed by atoms with E-state index in [1.807, 2.05) is 12.1 Å². The van der Waals surface area contributed by atoms with Crippen molar-refractivity contribution in [2.24, 2.45) is 0 Å². The molecular weight excluding hydrogens is 368 g/mol. The Hall–Kier alpha value is -2.75. The van der Waals surface area contributed by atoms with Gasteiger partial charge in [0.05, 0.1) is 13.2 Å². The molecule has 1 aliphatic rings. The fourth-order valence-electron chi connectivity index (χ4n) is 4.28. The predicted octanol–water partition coefficient (Wildman–Crippen LogP) is 5.42. The maximum absolute atomic E-state index is 5.33. The van der Waals surface area contributed by atoms with Gasteiger partial charge in [0.1, 0.15) is 5.75 Å². The third-order valence-corrected chi connectivity index (χ3v) is 5.59. The number of nitrogens with one attached hydrogen (secondary N) is 2. The lowest BCUT2D eigenvalue weighted by Crippen LogP contribution is -2.34. The lowest BCUT2D eigenvalue weighted by molar-refractivity contribution is 0.414. The van der Waals surface area contributed by atoms with Crippen molar-refractivity contribution < 1.29 is 4.74 Å². The van der Waals surface area contributed by atoms with Gasteiger partial charge in [-0.3, -0.25) is 0 Å². The number of hydrogen-bond acceptors (Lipinski definition) is 2. The Labute approximate surface area is 171 Å². The normalized spacial score (nSPS) is 18.3. The molecule has 0 bridgehead atoms. The summed E-state index contributed by atoms with van der Waals surface area (Å²) in [6, 6.07) is 27.9. The van der Waals surface area contributed by atoms with E-state index in [0.717, 1.165) is 12.3 Å². The highest BCUT2D eigenvalue weighted by molar-refractivity contribution is 5.86. The molecule has 2 N–H and O–H groups in total. The second-order valence-corrected chi connectivity index (χ2v) is 7.08. The predicted molar refractivity (Wildman–Crippen MR) is 117 cm³/mol. The smallest absolute Gasteiger partial charge is 0.118 e. The summed E-state index contributed by atoms with van der Waals surface area (Å²) in [6.07, 6.45) is 0. The monoisotopic (exact) mass is 390 g/mol. The molecule has 142 valence electrons. The Balaban J connectivity index is 0.00000192. The molecule has 4 heteroatoms. The summed E-state index contributed by atoms with van der Waals surface area (Å²) in [5, 5.41) is 5.08. The lowest BCUT2D eigenvalue weighted by atomic mass is 9.83. The first-order valence-electron chi connectivity index (χ1n) is 9.38. The van der Waals surface area contributed by atoms with Crippen LogP contribution in [0.2, 0.25) is 0 Å². The van der Waals surface area contributed by atoms with E-state index >= 15 is 0 Å². The van der Waals surface area contributed by atoms with Gasteiger partial charge in [-0.1, -0.05) is 60.7 Å². The first-order valence-corrected chi connectivity index (χ1v) is 9.38. The van der Waals surface area contributed by atoms with Crippen LogP contribution < -0.4 is 10.1 Å². The average molecular weight is 391 g/mol. The Morgan fingerprint density at radius 2 is 1.54 bits per heavy atom. The van der Waals surface area contributed by atoms with E-state index in [1.54, 1.807) is 7.11 Å². The number of aromatic amines is 1. The van der Waals surface area contributed by atoms with Gasteiger partial charge >= 0.3 is 0 Å². The van der Waals surface area contributed by atoms with Crippen LogP contribution >= 0.6 is 12.4 Å². The number of fused-ring (bicyclic) bond motifs is 3. The van der Waals surface area contributed by atoms with E-state index in [9.17, 15) is 0 Å². The van der Waals surface area contributed by atoms with E-state index in [0.29, 0.717) is 5.92 Å². The first-order chi connectivity index (χ1) is 13.3. The van der Waals surface area contributed by atoms with Gasteiger partial charge in [-0.05, 0) is 34.9 Å². The fraction of sp³-hybridized carbons (Fsp3) is 0.167. The molecule has 1 aromatic heterocycles. The summed E-state index contributed by atoms with van der Waals surface area (Å²) in [7, 11) is 1.71. The third kappa shape index (κ3) is 3.07. The molecule has 0 radical (unpaired) electrons. The van der Waals surface area contributed by atoms with Gasteiger partial charge in [-0.2, -0.15) is 0 Å². The van der Waals surface area contributed by atoms with Crippen molar-refractivity contribution in [3.05, 3.63) is 101 Å². The number of rotatable bonds is 3. The number of aromatic nitrogens is 1. The van der Waals surface area contributed by atoms with Crippen molar-refractivity contribution in [1.29, 1.82) is 0 Å². The number of hydrogen-bond donors (Lipinski definition) is 2. The molecule has 0 amide bonds. The summed E-state index contributed by atoms with van der Waals surface area (Å²) >= 11 is 0. The van der Waals surface area contributed by atoms with Gasteiger partial charge in [0.15, 0.2) is 0 Å². The Morgan fingerprint density at radius 3 is 2.29 bits per heavy atom. The van der Waals surface area contributed by atoms with Gasteiger partial charge in [0, 0.05) is 29.1 Å². The lowest BCUT2D eigenvalue weighted by Gasteiger charge is -2.31. The second kappa shape index (κ2) is 7.70. The van der Waals surface area contributed by atoms with Crippen LogP contribution in [0.25, 0.3) is 10.9 Å². The zero-order chi connectivity index (χ0) is 18.2. The molecule has 0 fully saturated rings. The molecule has 3 aromatic carbocycles. The van der Waals surface area contributed by atoms with Crippen molar-refractivity contribution in [3.8, 4) is 5.75 Å². The fourth-order valence-corrected chi connectivity index (χ4v) is 4.28. The summed E-state index contributed by atoms with van der Waals surface area (Å²) in [5.74, 6) is 1.20. The molecule has 0 saturated carbocycles. The highest BCUT2D eigenvalue weighted by Gasteiger charge is 2.32. The summed E-state index contributed by atoms with van der Waals surface area (Å²) in [4.78, 5) is 3.70. The summed E-state index contributed by atoms with van der Waals surface area (Å²) < 4.78 is 5.33. The quantitative estimate of drug-likeness (QED) is 0.490. The van der Waals surface area contributed by atoms with Crippen molar-refractivity contribution in [2.75, 3.05) is 13.7 Å². The minimum Gasteiger partial charge on any atom is -0.497 e. The van der Waals surface area contributed by atoms with Gasteiger partial charge in [0.25, 0.3) is 0 Å². The van der Waals surface area contributed by atoms with Crippen LogP contribution in [0.1, 0.15) is 34.3 Å². The van der Waals surface area contributed by atoms with Gasteiger partial charge in [-0.25, -0.2) is 0 Å². The third-order valence-electron chi connectivity index (χ3n) is 5.59. The molecular formula is C24H23ClN2O. The maximum Gasteiger partial charge on any atom is 0.118 e. The van der Waals surface area contributed by atoms with Crippen LogP contribution in [0.3, 0.4) is 0 Å². The second-order valence-electron chi connectivity index (χ2n) is 7.08. The molecule has 2 heterocycles. The molecule has 28 heavy (non-hydrogen) atoms. The molecule has 3 nitrogen and oxygen atoms in total. The zero-order valence-corrected chi connectivity index (χ0v) is 16.5. The Kier molecular flexibility index (Phi) is 5.12. The van der Waals surface area contributed by atoms with E-state index in [1.165, 1.54) is 33.3 Å². The van der Waals surface area contributed by atoms with Crippen molar-refractivity contribution in [1.82, 2.24) is 10.3 Å². The van der Waals surface area contributed by atoms with Gasteiger partial charge in [0.2, 0.25) is 0 Å². The van der Waals surface area contributed by atoms with E-state index in [4.69, 9.17) is 4.74 Å². The topological polar surface area (TPSA) is 37.0 Å². The molecule has 1 aliphatic heterocycles. The molecule has 2 unspecified atom stereocenters. The van der Waals surface area contributed by atoms with Gasteiger partial charge in [-0.15, -0.1) is 12.4 Å². The first kappa shape index (κ1) is 18.6. The number of para-hydroxylation sites is 1. The minimum atomic E-state index is 0. The average Bonchev–Trinajstić information content (AvgIpc) is 3.13. The van der Waals surface area contributed by atoms with E-state index < -0.39 is 0 Å². The highest BCUT2D eigenvalue weighted by atomic mass is 35.5. The van der Waals surface area contributed by atoms with E-state index in [2.05, 4.69) is 77.0 Å². The summed E-state index contributed by atoms with van der Waals surface area (Å²) in [6.45, 7) is 0.904. The molecule has 4 aromatic rings. The van der Waals surface area contributed by atoms with Crippen molar-refractivity contribution >= 4 is 23.3 Å². The Morgan fingerprint density at radius 1 is 0.821 bits per heavy atom. The number of H-pyrrole nitrogens is 1. The van der Waals surface area contributed by atoms with Crippen LogP contribution in [0.5, 0.6) is 5.75 Å². The molecule has 5 rings (SSSR count). The minimum absolute atomic E-state index is 0. The number of methoxy groups -OCH3 is 1. The van der Waals surface area contributed by atoms with Crippen LogP contribution in [-0.4, -0.2) is 18.6 Å². The van der Waals surface area contributed by atoms with Gasteiger partial charge < -0.3 is 15.0 Å². The SMILES string of the molecule is COc1ccc(C2CNC(c3ccccc3)c3[nH]c4ccccc4c32)cc1.Cl. The van der Waals surface area contributed by atoms with Crippen molar-refractivity contribution in [2.45, 2.75) is 12.0 Å². The van der Waals surface area contributed by atoms with Crippen LogP contribution in [0, 0.1) is 0 Å². The zero-order valence-electron chi connectivity index (χ0n) is 15.7. The van der Waals surface area contributed by atoms with Crippen molar-refractivity contribution in [3.63, 3.8) is 0 Å².